The summed E-state index contributed by atoms with van der Waals surface area (Å²) in [5, 5.41) is 12.0. The van der Waals surface area contributed by atoms with Gasteiger partial charge in [0.1, 0.15) is 0 Å². The highest BCUT2D eigenvalue weighted by atomic mass is 16.5. The molecule has 0 aliphatic carbocycles. The zero-order chi connectivity index (χ0) is 6.74. The van der Waals surface area contributed by atoms with E-state index >= 15 is 0 Å². The van der Waals surface area contributed by atoms with Gasteiger partial charge in [-0.1, -0.05) is 0 Å². The van der Waals surface area contributed by atoms with Gasteiger partial charge in [-0.05, 0) is 13.0 Å². The van der Waals surface area contributed by atoms with E-state index in [-0.39, 0.29) is 12.1 Å². The van der Waals surface area contributed by atoms with Crippen molar-refractivity contribution in [3.05, 3.63) is 0 Å². The third-order valence-corrected chi connectivity index (χ3v) is 1.83. The molecule has 3 heteroatoms. The van der Waals surface area contributed by atoms with Gasteiger partial charge in [0.25, 0.3) is 0 Å². The molecule has 0 amide bonds. The summed E-state index contributed by atoms with van der Waals surface area (Å²) in [5.41, 5.74) is -0.102. The van der Waals surface area contributed by atoms with Crippen LogP contribution in [0.25, 0.3) is 0 Å². The molecule has 1 aliphatic rings. The third-order valence-electron chi connectivity index (χ3n) is 1.83. The Morgan fingerprint density at radius 2 is 2.44 bits per heavy atom. The maximum Gasteiger partial charge on any atom is 0.0667 e. The summed E-state index contributed by atoms with van der Waals surface area (Å²) in [4.78, 5) is 0. The molecule has 0 saturated carbocycles. The van der Waals surface area contributed by atoms with E-state index in [1.54, 1.807) is 7.11 Å². The molecule has 0 bridgehead atoms. The second kappa shape index (κ2) is 2.64. The molecule has 1 fully saturated rings. The lowest BCUT2D eigenvalue weighted by Crippen LogP contribution is -2.62. The zero-order valence-corrected chi connectivity index (χ0v) is 5.68. The highest BCUT2D eigenvalue weighted by Gasteiger charge is 2.35. The van der Waals surface area contributed by atoms with Crippen molar-refractivity contribution >= 4 is 0 Å². The van der Waals surface area contributed by atoms with Crippen LogP contribution >= 0.6 is 0 Å². The molecule has 0 spiro atoms. The highest BCUT2D eigenvalue weighted by molar-refractivity contribution is 4.95. The maximum atomic E-state index is 8.83. The molecule has 9 heavy (non-hydrogen) atoms. The molecule has 0 aromatic carbocycles. The summed E-state index contributed by atoms with van der Waals surface area (Å²) < 4.78 is 4.92. The van der Waals surface area contributed by atoms with Crippen molar-refractivity contribution in [3.8, 4) is 0 Å². The van der Waals surface area contributed by atoms with E-state index in [2.05, 4.69) is 5.32 Å². The van der Waals surface area contributed by atoms with Crippen LogP contribution < -0.4 is 5.32 Å². The monoisotopic (exact) mass is 131 g/mol. The lowest BCUT2D eigenvalue weighted by atomic mass is 9.90. The topological polar surface area (TPSA) is 41.5 Å². The first-order chi connectivity index (χ1) is 4.33. The molecule has 1 unspecified atom stereocenters. The molecule has 54 valence electrons. The predicted octanol–water partition coefficient (Wildman–Crippen LogP) is -0.643. The molecule has 0 aromatic heterocycles. The van der Waals surface area contributed by atoms with Crippen LogP contribution in [0.4, 0.5) is 0 Å². The van der Waals surface area contributed by atoms with Crippen molar-refractivity contribution in [2.24, 2.45) is 0 Å². The first kappa shape index (κ1) is 6.99. The minimum Gasteiger partial charge on any atom is -0.394 e. The molecule has 1 atom stereocenters. The summed E-state index contributed by atoms with van der Waals surface area (Å²) in [5.74, 6) is 0. The average Bonchev–Trinajstić information content (AvgIpc) is 1.79. The third kappa shape index (κ3) is 1.23. The number of rotatable bonds is 3. The average molecular weight is 131 g/mol. The largest absolute Gasteiger partial charge is 0.394 e. The Labute approximate surface area is 55.0 Å². The van der Waals surface area contributed by atoms with Gasteiger partial charge in [-0.15, -0.1) is 0 Å². The predicted molar refractivity (Wildman–Crippen MR) is 34.3 cm³/mol. The Balaban J connectivity index is 2.28. The first-order valence-electron chi connectivity index (χ1n) is 3.18. The van der Waals surface area contributed by atoms with Crippen LogP contribution in [0.5, 0.6) is 0 Å². The van der Waals surface area contributed by atoms with Crippen molar-refractivity contribution < 1.29 is 9.84 Å². The van der Waals surface area contributed by atoms with Crippen LogP contribution in [-0.2, 0) is 4.74 Å². The second-order valence-electron chi connectivity index (χ2n) is 2.55. The number of hydrogen-bond donors (Lipinski definition) is 2. The Bertz CT molecular complexity index is 85.5. The number of hydrogen-bond acceptors (Lipinski definition) is 3. The Morgan fingerprint density at radius 1 is 1.78 bits per heavy atom. The van der Waals surface area contributed by atoms with E-state index in [1.807, 2.05) is 0 Å². The van der Waals surface area contributed by atoms with Gasteiger partial charge in [0, 0.05) is 7.11 Å². The lowest BCUT2D eigenvalue weighted by Gasteiger charge is -2.40. The number of ether oxygens (including phenoxy) is 1. The van der Waals surface area contributed by atoms with Gasteiger partial charge < -0.3 is 15.2 Å². The molecular weight excluding hydrogens is 118 g/mol. The number of methoxy groups -OCH3 is 1. The van der Waals surface area contributed by atoms with E-state index in [0.29, 0.717) is 6.61 Å². The van der Waals surface area contributed by atoms with Crippen molar-refractivity contribution in [1.82, 2.24) is 5.32 Å². The van der Waals surface area contributed by atoms with Crippen molar-refractivity contribution in [1.29, 1.82) is 0 Å². The van der Waals surface area contributed by atoms with Gasteiger partial charge in [-0.3, -0.25) is 0 Å². The van der Waals surface area contributed by atoms with E-state index in [0.717, 1.165) is 13.0 Å². The molecule has 0 aromatic rings. The molecule has 1 rings (SSSR count). The second-order valence-corrected chi connectivity index (χ2v) is 2.55. The quantitative estimate of drug-likeness (QED) is 0.535. The summed E-state index contributed by atoms with van der Waals surface area (Å²) in [6.07, 6.45) is 1.03. The first-order valence-corrected chi connectivity index (χ1v) is 3.18. The number of aliphatic hydroxyl groups excluding tert-OH is 1. The Kier molecular flexibility index (Phi) is 2.05. The lowest BCUT2D eigenvalue weighted by molar-refractivity contribution is 0.0213. The van der Waals surface area contributed by atoms with Gasteiger partial charge in [-0.2, -0.15) is 0 Å². The van der Waals surface area contributed by atoms with Gasteiger partial charge in [0.2, 0.25) is 0 Å². The van der Waals surface area contributed by atoms with E-state index < -0.39 is 0 Å². The Morgan fingerprint density at radius 3 is 2.56 bits per heavy atom. The molecule has 3 nitrogen and oxygen atoms in total. The fourth-order valence-corrected chi connectivity index (χ4v) is 1.06. The number of nitrogens with one attached hydrogen (secondary N) is 1. The minimum atomic E-state index is -0.102. The molecule has 0 radical (unpaired) electrons. The van der Waals surface area contributed by atoms with Gasteiger partial charge >= 0.3 is 0 Å². The van der Waals surface area contributed by atoms with Crippen LogP contribution in [0.15, 0.2) is 0 Å². The summed E-state index contributed by atoms with van der Waals surface area (Å²) in [6, 6.07) is 0. The van der Waals surface area contributed by atoms with E-state index in [1.165, 1.54) is 0 Å². The molecule has 2 N–H and O–H groups in total. The summed E-state index contributed by atoms with van der Waals surface area (Å²) in [6.45, 7) is 1.80. The van der Waals surface area contributed by atoms with Gasteiger partial charge in [-0.25, -0.2) is 0 Å². The van der Waals surface area contributed by atoms with Crippen molar-refractivity contribution in [2.45, 2.75) is 12.0 Å². The Hall–Kier alpha value is -0.120. The molecule has 1 aliphatic heterocycles. The number of aliphatic hydroxyl groups is 1. The molecular formula is C6H13NO2. The van der Waals surface area contributed by atoms with Crippen LogP contribution in [0.1, 0.15) is 6.42 Å². The van der Waals surface area contributed by atoms with Crippen molar-refractivity contribution in [3.63, 3.8) is 0 Å². The zero-order valence-electron chi connectivity index (χ0n) is 5.68. The van der Waals surface area contributed by atoms with E-state index in [4.69, 9.17) is 9.84 Å². The summed E-state index contributed by atoms with van der Waals surface area (Å²) in [7, 11) is 1.65. The minimum absolute atomic E-state index is 0.102. The van der Waals surface area contributed by atoms with Crippen LogP contribution in [0.2, 0.25) is 0 Å². The molecule has 1 saturated heterocycles. The SMILES string of the molecule is COCC1(CO)CCN1. The van der Waals surface area contributed by atoms with Crippen LogP contribution in [0.3, 0.4) is 0 Å². The van der Waals surface area contributed by atoms with Gasteiger partial charge in [0.15, 0.2) is 0 Å². The standard InChI is InChI=1S/C6H13NO2/c1-9-5-6(4-8)2-3-7-6/h7-8H,2-5H2,1H3. The van der Waals surface area contributed by atoms with Gasteiger partial charge in [0.05, 0.1) is 18.8 Å². The fourth-order valence-electron chi connectivity index (χ4n) is 1.06. The summed E-state index contributed by atoms with van der Waals surface area (Å²) >= 11 is 0. The fraction of sp³-hybridized carbons (Fsp3) is 1.00. The highest BCUT2D eigenvalue weighted by Crippen LogP contribution is 2.17. The van der Waals surface area contributed by atoms with Crippen LogP contribution in [0, 0.1) is 0 Å². The van der Waals surface area contributed by atoms with E-state index in [9.17, 15) is 0 Å². The van der Waals surface area contributed by atoms with Crippen LogP contribution in [-0.4, -0.2) is 37.5 Å². The normalized spacial score (nSPS) is 34.0. The van der Waals surface area contributed by atoms with Crippen molar-refractivity contribution in [2.75, 3.05) is 26.9 Å². The maximum absolute atomic E-state index is 8.83. The smallest absolute Gasteiger partial charge is 0.0667 e. The molecule has 1 heterocycles.